The molecule has 1 heterocycles. The summed E-state index contributed by atoms with van der Waals surface area (Å²) in [7, 11) is 0. The van der Waals surface area contributed by atoms with Crippen molar-refractivity contribution in [3.8, 4) is 0 Å². The van der Waals surface area contributed by atoms with E-state index in [4.69, 9.17) is 16.7 Å². The van der Waals surface area contributed by atoms with Crippen LogP contribution in [0.2, 0.25) is 0 Å². The van der Waals surface area contributed by atoms with Crippen LogP contribution in [0.1, 0.15) is 35.3 Å². The molecule has 0 bridgehead atoms. The molecule has 1 aromatic rings. The van der Waals surface area contributed by atoms with E-state index in [1.54, 1.807) is 24.3 Å². The molecule has 1 saturated heterocycles. The molecule has 2 heteroatoms. The smallest absolute Gasteiger partial charge is 0.0444 e. The average Bonchev–Trinajstić information content (AvgIpc) is 2.34. The van der Waals surface area contributed by atoms with Crippen LogP contribution >= 0.6 is 0 Å². The number of likely N-dealkylation sites (tertiary alicyclic amines) is 1. The molecular weight excluding hydrogens is 184 g/mol. The molecule has 2 N–H and O–H groups in total. The molecule has 0 amide bonds. The summed E-state index contributed by atoms with van der Waals surface area (Å²) in [5, 5.41) is 0. The minimum absolute atomic E-state index is 0.147. The zero-order chi connectivity index (χ0) is 17.7. The third-order valence-electron chi connectivity index (χ3n) is 2.44. The van der Waals surface area contributed by atoms with Crippen molar-refractivity contribution in [1.82, 2.24) is 4.90 Å². The zero-order valence-electron chi connectivity index (χ0n) is 16.4. The number of nitrogens with zero attached hydrogens (tertiary/aromatic N) is 1. The summed E-state index contributed by atoms with van der Waals surface area (Å²) in [6.45, 7) is -10.7. The van der Waals surface area contributed by atoms with Gasteiger partial charge in [0.05, 0.1) is 0 Å². The largest absolute Gasteiger partial charge is 0.329 e. The summed E-state index contributed by atoms with van der Waals surface area (Å²) in [4.78, 5) is 0.312. The fourth-order valence-corrected chi connectivity index (χ4v) is 1.64. The Morgan fingerprint density at radius 1 is 1.33 bits per heavy atom. The van der Waals surface area contributed by atoms with Gasteiger partial charge >= 0.3 is 0 Å². The van der Waals surface area contributed by atoms with E-state index < -0.39 is 31.9 Å². The second kappa shape index (κ2) is 5.29. The summed E-state index contributed by atoms with van der Waals surface area (Å²) in [5.74, 6) is -0.433. The minimum atomic E-state index is -3.00. The molecule has 0 atom stereocenters. The first kappa shape index (κ1) is 4.56. The maximum atomic E-state index is 8.14. The highest BCUT2D eigenvalue weighted by Crippen LogP contribution is 2.27. The van der Waals surface area contributed by atoms with E-state index in [2.05, 4.69) is 0 Å². The van der Waals surface area contributed by atoms with Gasteiger partial charge in [-0.2, -0.15) is 0 Å². The molecule has 82 valence electrons. The topological polar surface area (TPSA) is 29.3 Å². The molecule has 1 aliphatic heterocycles. The quantitative estimate of drug-likeness (QED) is 0.828. The first-order valence-corrected chi connectivity index (χ1v) is 4.93. The maximum absolute atomic E-state index is 8.14. The highest BCUT2D eigenvalue weighted by atomic mass is 15.1. The van der Waals surface area contributed by atoms with E-state index in [0.29, 0.717) is 4.90 Å². The predicted molar refractivity (Wildman–Crippen MR) is 63.9 cm³/mol. The van der Waals surface area contributed by atoms with Crippen molar-refractivity contribution in [2.24, 2.45) is 5.73 Å². The molecule has 0 aromatic heterocycles. The molecule has 0 radical (unpaired) electrons. The van der Waals surface area contributed by atoms with Gasteiger partial charge in [-0.1, -0.05) is 30.3 Å². The fourth-order valence-electron chi connectivity index (χ4n) is 1.64. The van der Waals surface area contributed by atoms with Crippen molar-refractivity contribution in [2.45, 2.75) is 18.8 Å². The molecule has 2 rings (SSSR count). The van der Waals surface area contributed by atoms with E-state index in [-0.39, 0.29) is 12.8 Å². The maximum Gasteiger partial charge on any atom is 0.0444 e. The van der Waals surface area contributed by atoms with Crippen LogP contribution < -0.4 is 5.73 Å². The molecular formula is C13H20N2. The lowest BCUT2D eigenvalue weighted by molar-refractivity contribution is 0.218. The Balaban J connectivity index is 2.42. The Bertz CT molecular complexity index is 537. The van der Waals surface area contributed by atoms with Crippen molar-refractivity contribution < 1.29 is 11.0 Å². The predicted octanol–water partition coefficient (Wildman–Crippen LogP) is 1.82. The second-order valence-electron chi connectivity index (χ2n) is 3.42. The van der Waals surface area contributed by atoms with Crippen LogP contribution in [0.15, 0.2) is 30.3 Å². The molecule has 15 heavy (non-hydrogen) atoms. The Morgan fingerprint density at radius 2 is 2.00 bits per heavy atom. The molecule has 0 spiro atoms. The van der Waals surface area contributed by atoms with E-state index in [1.807, 2.05) is 6.07 Å². The van der Waals surface area contributed by atoms with Crippen molar-refractivity contribution in [3.63, 3.8) is 0 Å². The Labute approximate surface area is 103 Å². The van der Waals surface area contributed by atoms with Crippen molar-refractivity contribution in [2.75, 3.05) is 26.0 Å². The Morgan fingerprint density at radius 3 is 2.60 bits per heavy atom. The van der Waals surface area contributed by atoms with E-state index in [1.165, 1.54) is 0 Å². The molecule has 1 aromatic carbocycles. The summed E-state index contributed by atoms with van der Waals surface area (Å²) in [6.07, 6.45) is -0.293. The molecule has 0 unspecified atom stereocenters. The molecule has 1 fully saturated rings. The monoisotopic (exact) mass is 212 g/mol. The van der Waals surface area contributed by atoms with Gasteiger partial charge in [0.1, 0.15) is 0 Å². The lowest BCUT2D eigenvalue weighted by Crippen LogP contribution is -2.36. The summed E-state index contributed by atoms with van der Waals surface area (Å²) in [6, 6.07) is 8.94. The van der Waals surface area contributed by atoms with Crippen molar-refractivity contribution >= 4 is 0 Å². The number of benzene rings is 1. The third kappa shape index (κ3) is 2.80. The van der Waals surface area contributed by atoms with Gasteiger partial charge in [0.15, 0.2) is 0 Å². The lowest BCUT2D eigenvalue weighted by Gasteiger charge is -2.31. The fraction of sp³-hybridized carbons (Fsp3) is 0.538. The second-order valence-corrected chi connectivity index (χ2v) is 3.42. The standard InChI is InChI=1S/C13H20N2/c14-8-11-15-9-6-13(7-10-15)12-4-2-1-3-5-12/h1-5,13H,6-11,14H2/i8D2,9D2,10D2,11D2. The average molecular weight is 212 g/mol. The lowest BCUT2D eigenvalue weighted by atomic mass is 9.89. The van der Waals surface area contributed by atoms with E-state index >= 15 is 0 Å². The summed E-state index contributed by atoms with van der Waals surface area (Å²) in [5.41, 5.74) is 5.99. The minimum Gasteiger partial charge on any atom is -0.329 e. The molecule has 0 aliphatic carbocycles. The van der Waals surface area contributed by atoms with Gasteiger partial charge in [0.2, 0.25) is 0 Å². The van der Waals surface area contributed by atoms with Crippen LogP contribution in [-0.4, -0.2) is 30.9 Å². The Kier molecular flexibility index (Phi) is 1.61. The first-order chi connectivity index (χ1) is 10.3. The third-order valence-corrected chi connectivity index (χ3v) is 2.44. The number of piperidine rings is 1. The zero-order valence-corrected chi connectivity index (χ0v) is 8.40. The normalized spacial score (nSPS) is 35.8. The number of hydrogen-bond acceptors (Lipinski definition) is 2. The SMILES string of the molecule is [2H]C1([2H])CC(c2ccccc2)CC([2H])([2H])N1C([2H])([2H])C([2H])([2H])N. The number of rotatable bonds is 3. The number of nitrogens with two attached hydrogens (primary N) is 1. The van der Waals surface area contributed by atoms with Crippen LogP contribution in [0, 0.1) is 0 Å². The summed E-state index contributed by atoms with van der Waals surface area (Å²) >= 11 is 0. The Hall–Kier alpha value is -0.860. The van der Waals surface area contributed by atoms with Crippen LogP contribution in [0.3, 0.4) is 0 Å². The highest BCUT2D eigenvalue weighted by molar-refractivity contribution is 5.19. The van der Waals surface area contributed by atoms with E-state index in [9.17, 15) is 0 Å². The van der Waals surface area contributed by atoms with Crippen LogP contribution in [0.5, 0.6) is 0 Å². The van der Waals surface area contributed by atoms with Gasteiger partial charge in [-0.05, 0) is 37.3 Å². The first-order valence-electron chi connectivity index (χ1n) is 8.93. The summed E-state index contributed by atoms with van der Waals surface area (Å²) < 4.78 is 63.2. The van der Waals surface area contributed by atoms with Gasteiger partial charge in [-0.3, -0.25) is 0 Å². The van der Waals surface area contributed by atoms with Gasteiger partial charge < -0.3 is 10.6 Å². The molecule has 0 saturated carbocycles. The van der Waals surface area contributed by atoms with Crippen LogP contribution in [0.25, 0.3) is 0 Å². The van der Waals surface area contributed by atoms with Crippen LogP contribution in [-0.2, 0) is 0 Å². The van der Waals surface area contributed by atoms with Gasteiger partial charge in [0, 0.05) is 24.0 Å². The van der Waals surface area contributed by atoms with Crippen molar-refractivity contribution in [3.05, 3.63) is 35.9 Å². The van der Waals surface area contributed by atoms with Crippen LogP contribution in [0.4, 0.5) is 0 Å². The molecule has 2 nitrogen and oxygen atoms in total. The van der Waals surface area contributed by atoms with Gasteiger partial charge in [0.25, 0.3) is 0 Å². The van der Waals surface area contributed by atoms with E-state index in [0.717, 1.165) is 5.56 Å². The van der Waals surface area contributed by atoms with Gasteiger partial charge in [-0.25, -0.2) is 0 Å². The highest BCUT2D eigenvalue weighted by Gasteiger charge is 2.19. The number of hydrogen-bond donors (Lipinski definition) is 1. The van der Waals surface area contributed by atoms with Crippen molar-refractivity contribution in [1.29, 1.82) is 0 Å². The molecule has 1 aliphatic rings. The van der Waals surface area contributed by atoms with Gasteiger partial charge in [-0.15, -0.1) is 0 Å².